The molecule has 1 N–H and O–H groups in total. The zero-order chi connectivity index (χ0) is 13.7. The maximum atomic E-state index is 11.8. The summed E-state index contributed by atoms with van der Waals surface area (Å²) in [5.41, 5.74) is 0. The van der Waals surface area contributed by atoms with Crippen LogP contribution in [0.2, 0.25) is 5.02 Å². The van der Waals surface area contributed by atoms with Gasteiger partial charge in [-0.3, -0.25) is 4.79 Å². The zero-order valence-electron chi connectivity index (χ0n) is 11.2. The highest BCUT2D eigenvalue weighted by molar-refractivity contribution is 6.30. The van der Waals surface area contributed by atoms with Crippen molar-refractivity contribution in [1.82, 2.24) is 5.32 Å². The zero-order valence-corrected chi connectivity index (χ0v) is 12.0. The topological polar surface area (TPSA) is 38.3 Å². The number of hydrogen-bond acceptors (Lipinski definition) is 2. The van der Waals surface area contributed by atoms with Gasteiger partial charge in [-0.05, 0) is 43.0 Å². The maximum absolute atomic E-state index is 11.8. The van der Waals surface area contributed by atoms with Crippen molar-refractivity contribution in [2.24, 2.45) is 5.92 Å². The van der Waals surface area contributed by atoms with Gasteiger partial charge in [0.2, 0.25) is 0 Å². The van der Waals surface area contributed by atoms with E-state index in [0.717, 1.165) is 12.8 Å². The second-order valence-electron chi connectivity index (χ2n) is 5.28. The van der Waals surface area contributed by atoms with Gasteiger partial charge in [0, 0.05) is 11.1 Å². The molecular weight excluding hydrogens is 262 g/mol. The van der Waals surface area contributed by atoms with Crippen molar-refractivity contribution in [3.63, 3.8) is 0 Å². The lowest BCUT2D eigenvalue weighted by molar-refractivity contribution is -0.124. The van der Waals surface area contributed by atoms with Crippen molar-refractivity contribution < 1.29 is 9.53 Å². The summed E-state index contributed by atoms with van der Waals surface area (Å²) in [7, 11) is 0. The predicted octanol–water partition coefficient (Wildman–Crippen LogP) is 3.41. The highest BCUT2D eigenvalue weighted by Crippen LogP contribution is 2.23. The van der Waals surface area contributed by atoms with Crippen molar-refractivity contribution in [1.29, 1.82) is 0 Å². The Morgan fingerprint density at radius 2 is 2.11 bits per heavy atom. The van der Waals surface area contributed by atoms with Gasteiger partial charge in [-0.2, -0.15) is 0 Å². The predicted molar refractivity (Wildman–Crippen MR) is 76.5 cm³/mol. The van der Waals surface area contributed by atoms with Crippen molar-refractivity contribution in [2.75, 3.05) is 6.61 Å². The summed E-state index contributed by atoms with van der Waals surface area (Å²) < 4.78 is 5.42. The Morgan fingerprint density at radius 1 is 1.37 bits per heavy atom. The van der Waals surface area contributed by atoms with Crippen LogP contribution in [0.1, 0.15) is 32.6 Å². The van der Waals surface area contributed by atoms with E-state index in [-0.39, 0.29) is 12.5 Å². The average molecular weight is 282 g/mol. The van der Waals surface area contributed by atoms with Crippen molar-refractivity contribution in [2.45, 2.75) is 38.6 Å². The van der Waals surface area contributed by atoms with Crippen LogP contribution in [0.25, 0.3) is 0 Å². The molecule has 19 heavy (non-hydrogen) atoms. The third-order valence-electron chi connectivity index (χ3n) is 3.49. The van der Waals surface area contributed by atoms with E-state index in [1.807, 2.05) is 0 Å². The van der Waals surface area contributed by atoms with Gasteiger partial charge in [0.1, 0.15) is 5.75 Å². The van der Waals surface area contributed by atoms with E-state index >= 15 is 0 Å². The van der Waals surface area contributed by atoms with E-state index in [2.05, 4.69) is 12.2 Å². The summed E-state index contributed by atoms with van der Waals surface area (Å²) in [5.74, 6) is 1.32. The lowest BCUT2D eigenvalue weighted by Gasteiger charge is -2.27. The monoisotopic (exact) mass is 281 g/mol. The Kier molecular flexibility index (Phi) is 5.08. The Hall–Kier alpha value is -1.22. The molecule has 0 radical (unpaired) electrons. The van der Waals surface area contributed by atoms with Crippen LogP contribution >= 0.6 is 11.6 Å². The minimum Gasteiger partial charge on any atom is -0.484 e. The lowest BCUT2D eigenvalue weighted by atomic mass is 9.87. The fourth-order valence-electron chi connectivity index (χ4n) is 2.51. The molecule has 0 bridgehead atoms. The lowest BCUT2D eigenvalue weighted by Crippen LogP contribution is -2.40. The van der Waals surface area contributed by atoms with Crippen LogP contribution < -0.4 is 10.1 Å². The molecule has 104 valence electrons. The largest absolute Gasteiger partial charge is 0.484 e. The van der Waals surface area contributed by atoms with E-state index in [9.17, 15) is 4.79 Å². The number of carbonyl (C=O) groups excluding carboxylic acids is 1. The molecule has 1 amide bonds. The Labute approximate surface area is 119 Å². The Bertz CT molecular complexity index is 419. The molecule has 2 unspecified atom stereocenters. The summed E-state index contributed by atoms with van der Waals surface area (Å²) in [6, 6.07) is 7.33. The molecule has 0 saturated heterocycles. The van der Waals surface area contributed by atoms with Crippen LogP contribution in [0, 0.1) is 5.92 Å². The van der Waals surface area contributed by atoms with Gasteiger partial charge in [-0.1, -0.05) is 31.4 Å². The molecule has 1 aliphatic carbocycles. The van der Waals surface area contributed by atoms with Gasteiger partial charge in [0.25, 0.3) is 5.91 Å². The fraction of sp³-hybridized carbons (Fsp3) is 0.533. The smallest absolute Gasteiger partial charge is 0.258 e. The van der Waals surface area contributed by atoms with E-state index in [0.29, 0.717) is 22.7 Å². The van der Waals surface area contributed by atoms with Crippen molar-refractivity contribution in [3.8, 4) is 5.75 Å². The average Bonchev–Trinajstić information content (AvgIpc) is 2.38. The first-order valence-electron chi connectivity index (χ1n) is 6.81. The van der Waals surface area contributed by atoms with Crippen LogP contribution in [0.3, 0.4) is 0 Å². The van der Waals surface area contributed by atoms with Crippen molar-refractivity contribution in [3.05, 3.63) is 29.3 Å². The van der Waals surface area contributed by atoms with Gasteiger partial charge in [-0.15, -0.1) is 0 Å². The minimum absolute atomic E-state index is 0.0472. The number of ether oxygens (including phenoxy) is 1. The first-order valence-corrected chi connectivity index (χ1v) is 7.19. The minimum atomic E-state index is -0.0472. The van der Waals surface area contributed by atoms with Crippen LogP contribution in [0.5, 0.6) is 5.75 Å². The van der Waals surface area contributed by atoms with Gasteiger partial charge < -0.3 is 10.1 Å². The third kappa shape index (κ3) is 4.75. The van der Waals surface area contributed by atoms with Gasteiger partial charge in [0.05, 0.1) is 0 Å². The van der Waals surface area contributed by atoms with Gasteiger partial charge >= 0.3 is 0 Å². The quantitative estimate of drug-likeness (QED) is 0.918. The third-order valence-corrected chi connectivity index (χ3v) is 3.74. The SMILES string of the molecule is CC1CCCC(NC(=O)COc2ccc(Cl)cc2)C1. The van der Waals surface area contributed by atoms with Crippen molar-refractivity contribution >= 4 is 17.5 Å². The van der Waals surface area contributed by atoms with Crippen LogP contribution in [0.4, 0.5) is 0 Å². The normalized spacial score (nSPS) is 22.8. The number of amides is 1. The Balaban J connectivity index is 1.73. The maximum Gasteiger partial charge on any atom is 0.258 e. The van der Waals surface area contributed by atoms with E-state index < -0.39 is 0 Å². The molecular formula is C15H20ClNO2. The molecule has 1 saturated carbocycles. The highest BCUT2D eigenvalue weighted by atomic mass is 35.5. The second-order valence-corrected chi connectivity index (χ2v) is 5.72. The molecule has 2 atom stereocenters. The molecule has 1 aromatic rings. The summed E-state index contributed by atoms with van der Waals surface area (Å²) in [5, 5.41) is 3.70. The number of hydrogen-bond donors (Lipinski definition) is 1. The molecule has 1 aliphatic rings. The number of nitrogens with one attached hydrogen (secondary N) is 1. The summed E-state index contributed by atoms with van der Waals surface area (Å²) in [6.07, 6.45) is 4.63. The van der Waals surface area contributed by atoms with Gasteiger partial charge in [0.15, 0.2) is 6.61 Å². The van der Waals surface area contributed by atoms with Crippen LogP contribution in [0.15, 0.2) is 24.3 Å². The molecule has 4 heteroatoms. The molecule has 0 aromatic heterocycles. The Morgan fingerprint density at radius 3 is 2.79 bits per heavy atom. The first-order chi connectivity index (χ1) is 9.13. The molecule has 0 spiro atoms. The van der Waals surface area contributed by atoms with E-state index in [1.165, 1.54) is 12.8 Å². The molecule has 0 heterocycles. The number of carbonyl (C=O) groups is 1. The van der Waals surface area contributed by atoms with E-state index in [1.54, 1.807) is 24.3 Å². The van der Waals surface area contributed by atoms with Gasteiger partial charge in [-0.25, -0.2) is 0 Å². The molecule has 1 fully saturated rings. The highest BCUT2D eigenvalue weighted by Gasteiger charge is 2.20. The first kappa shape index (κ1) is 14.2. The second kappa shape index (κ2) is 6.80. The number of rotatable bonds is 4. The molecule has 0 aliphatic heterocycles. The fourth-order valence-corrected chi connectivity index (χ4v) is 2.64. The molecule has 3 nitrogen and oxygen atoms in total. The molecule has 2 rings (SSSR count). The molecule has 1 aromatic carbocycles. The summed E-state index contributed by atoms with van der Waals surface area (Å²) in [6.45, 7) is 2.30. The number of benzene rings is 1. The summed E-state index contributed by atoms with van der Waals surface area (Å²) in [4.78, 5) is 11.8. The summed E-state index contributed by atoms with van der Waals surface area (Å²) >= 11 is 5.78. The number of halogens is 1. The van der Waals surface area contributed by atoms with Crippen LogP contribution in [-0.2, 0) is 4.79 Å². The van der Waals surface area contributed by atoms with E-state index in [4.69, 9.17) is 16.3 Å². The van der Waals surface area contributed by atoms with Crippen LogP contribution in [-0.4, -0.2) is 18.6 Å². The standard InChI is InChI=1S/C15H20ClNO2/c1-11-3-2-4-13(9-11)17-15(18)10-19-14-7-5-12(16)6-8-14/h5-8,11,13H,2-4,9-10H2,1H3,(H,17,18).